The molecule has 2 rings (SSSR count). The average Bonchev–Trinajstić information content (AvgIpc) is 2.93. The Morgan fingerprint density at radius 3 is 2.81 bits per heavy atom. The van der Waals surface area contributed by atoms with E-state index in [0.29, 0.717) is 12.3 Å². The van der Waals surface area contributed by atoms with Crippen LogP contribution in [0.3, 0.4) is 0 Å². The quantitative estimate of drug-likeness (QED) is 0.620. The van der Waals surface area contributed by atoms with E-state index < -0.39 is 0 Å². The summed E-state index contributed by atoms with van der Waals surface area (Å²) in [5, 5.41) is 3.92. The lowest BCUT2D eigenvalue weighted by atomic mass is 10.2. The van der Waals surface area contributed by atoms with Crippen molar-refractivity contribution in [3.63, 3.8) is 0 Å². The number of halogens is 1. The summed E-state index contributed by atoms with van der Waals surface area (Å²) in [5.41, 5.74) is 3.78. The summed E-state index contributed by atoms with van der Waals surface area (Å²) in [4.78, 5) is 14.6. The second-order valence-electron chi connectivity index (χ2n) is 4.35. The molecule has 21 heavy (non-hydrogen) atoms. The number of rotatable bonds is 6. The van der Waals surface area contributed by atoms with E-state index in [1.54, 1.807) is 18.5 Å². The molecule has 2 aromatic rings. The van der Waals surface area contributed by atoms with E-state index in [4.69, 9.17) is 4.74 Å². The number of amides is 1. The Morgan fingerprint density at radius 1 is 1.43 bits per heavy atom. The predicted molar refractivity (Wildman–Crippen MR) is 85.8 cm³/mol. The van der Waals surface area contributed by atoms with Crippen LogP contribution >= 0.6 is 15.9 Å². The molecule has 0 spiro atoms. The molecule has 0 fully saturated rings. The Labute approximate surface area is 131 Å². The van der Waals surface area contributed by atoms with Crippen molar-refractivity contribution < 1.29 is 9.53 Å². The highest BCUT2D eigenvalue weighted by Gasteiger charge is 2.05. The molecule has 0 aliphatic heterocycles. The molecule has 0 saturated carbocycles. The first-order valence-corrected chi connectivity index (χ1v) is 7.38. The van der Waals surface area contributed by atoms with Crippen LogP contribution < -0.4 is 10.2 Å². The zero-order valence-corrected chi connectivity index (χ0v) is 13.2. The molecule has 0 aliphatic rings. The Morgan fingerprint density at radius 2 is 2.19 bits per heavy atom. The molecule has 0 atom stereocenters. The fourth-order valence-electron chi connectivity index (χ4n) is 1.59. The molecule has 6 heteroatoms. The van der Waals surface area contributed by atoms with E-state index in [-0.39, 0.29) is 5.91 Å². The topological polar surface area (TPSA) is 66.5 Å². The lowest BCUT2D eigenvalue weighted by Crippen LogP contribution is -2.17. The van der Waals surface area contributed by atoms with Gasteiger partial charge in [-0.3, -0.25) is 4.79 Å². The van der Waals surface area contributed by atoms with Gasteiger partial charge in [-0.15, -0.1) is 0 Å². The average molecular weight is 350 g/mol. The van der Waals surface area contributed by atoms with Crippen LogP contribution in [0.2, 0.25) is 0 Å². The third-order valence-electron chi connectivity index (χ3n) is 2.63. The molecule has 0 unspecified atom stereocenters. The largest absolute Gasteiger partial charge is 0.494 e. The van der Waals surface area contributed by atoms with Crippen molar-refractivity contribution in [3.8, 4) is 5.75 Å². The summed E-state index contributed by atoms with van der Waals surface area (Å²) in [7, 11) is 0. The zero-order chi connectivity index (χ0) is 15.1. The first kappa shape index (κ1) is 15.3. The molecule has 1 heterocycles. The third-order valence-corrected chi connectivity index (χ3v) is 3.08. The van der Waals surface area contributed by atoms with Crippen LogP contribution in [0.25, 0.3) is 0 Å². The second-order valence-corrected chi connectivity index (χ2v) is 5.26. The van der Waals surface area contributed by atoms with Crippen molar-refractivity contribution in [2.24, 2.45) is 5.10 Å². The zero-order valence-electron chi connectivity index (χ0n) is 11.6. The van der Waals surface area contributed by atoms with Gasteiger partial charge in [0.1, 0.15) is 11.4 Å². The van der Waals surface area contributed by atoms with Gasteiger partial charge in [-0.1, -0.05) is 6.92 Å². The number of hydrazone groups is 1. The highest BCUT2D eigenvalue weighted by molar-refractivity contribution is 9.10. The molecule has 1 amide bonds. The Kier molecular flexibility index (Phi) is 5.57. The maximum atomic E-state index is 11.7. The van der Waals surface area contributed by atoms with Gasteiger partial charge in [0, 0.05) is 10.7 Å². The number of H-pyrrole nitrogens is 1. The summed E-state index contributed by atoms with van der Waals surface area (Å²) >= 11 is 3.27. The summed E-state index contributed by atoms with van der Waals surface area (Å²) in [6.45, 7) is 2.77. The van der Waals surface area contributed by atoms with Gasteiger partial charge in [-0.2, -0.15) is 5.10 Å². The number of nitrogens with one attached hydrogen (secondary N) is 2. The van der Waals surface area contributed by atoms with Crippen LogP contribution in [-0.2, 0) is 0 Å². The molecule has 1 aromatic heterocycles. The van der Waals surface area contributed by atoms with Crippen molar-refractivity contribution in [2.75, 3.05) is 6.61 Å². The maximum absolute atomic E-state index is 11.7. The number of aromatic amines is 1. The molecular weight excluding hydrogens is 334 g/mol. The molecule has 0 bridgehead atoms. The van der Waals surface area contributed by atoms with E-state index in [2.05, 4.69) is 38.4 Å². The highest BCUT2D eigenvalue weighted by Crippen LogP contribution is 2.11. The molecule has 0 aliphatic carbocycles. The van der Waals surface area contributed by atoms with Gasteiger partial charge in [-0.05, 0) is 58.2 Å². The van der Waals surface area contributed by atoms with E-state index in [0.717, 1.165) is 22.2 Å². The van der Waals surface area contributed by atoms with Gasteiger partial charge in [-0.25, -0.2) is 5.43 Å². The van der Waals surface area contributed by atoms with Gasteiger partial charge >= 0.3 is 0 Å². The summed E-state index contributed by atoms with van der Waals surface area (Å²) < 4.78 is 6.31. The number of hydrogen-bond donors (Lipinski definition) is 2. The van der Waals surface area contributed by atoms with Crippen LogP contribution in [0, 0.1) is 0 Å². The summed E-state index contributed by atoms with van der Waals surface area (Å²) in [5.74, 6) is 0.536. The van der Waals surface area contributed by atoms with Crippen molar-refractivity contribution in [3.05, 3.63) is 52.3 Å². The minimum Gasteiger partial charge on any atom is -0.494 e. The summed E-state index contributed by atoms with van der Waals surface area (Å²) in [6.07, 6.45) is 4.25. The van der Waals surface area contributed by atoms with Gasteiger partial charge in [0.2, 0.25) is 0 Å². The third kappa shape index (κ3) is 4.75. The fraction of sp³-hybridized carbons (Fsp3) is 0.200. The Bertz CT molecular complexity index is 620. The van der Waals surface area contributed by atoms with E-state index >= 15 is 0 Å². The van der Waals surface area contributed by atoms with Crippen molar-refractivity contribution in [2.45, 2.75) is 13.3 Å². The molecule has 0 radical (unpaired) electrons. The molecule has 5 nitrogen and oxygen atoms in total. The number of benzene rings is 1. The Hall–Kier alpha value is -2.08. The summed E-state index contributed by atoms with van der Waals surface area (Å²) in [6, 6.07) is 9.20. The minimum absolute atomic E-state index is 0.292. The Balaban J connectivity index is 1.87. The van der Waals surface area contributed by atoms with Gasteiger partial charge in [0.05, 0.1) is 12.8 Å². The molecular formula is C15H16BrN3O2. The van der Waals surface area contributed by atoms with Crippen molar-refractivity contribution >= 4 is 28.1 Å². The highest BCUT2D eigenvalue weighted by atomic mass is 79.9. The lowest BCUT2D eigenvalue weighted by Gasteiger charge is -2.03. The van der Waals surface area contributed by atoms with E-state index in [9.17, 15) is 4.79 Å². The van der Waals surface area contributed by atoms with Crippen LogP contribution in [0.5, 0.6) is 5.75 Å². The number of aromatic nitrogens is 1. The van der Waals surface area contributed by atoms with Crippen LogP contribution in [0.4, 0.5) is 0 Å². The first-order valence-electron chi connectivity index (χ1n) is 6.59. The standard InChI is InChI=1S/C15H16BrN3O2/c1-2-7-21-13-5-3-11(4-6-13)9-18-19-15(20)14-8-12(16)10-17-14/h3-6,8-10,17H,2,7H2,1H3,(H,19,20)/b18-9-. The van der Waals surface area contributed by atoms with E-state index in [1.807, 2.05) is 24.3 Å². The second kappa shape index (κ2) is 7.64. The number of carbonyl (C=O) groups is 1. The van der Waals surface area contributed by atoms with Crippen molar-refractivity contribution in [1.82, 2.24) is 10.4 Å². The van der Waals surface area contributed by atoms with Crippen molar-refractivity contribution in [1.29, 1.82) is 0 Å². The minimum atomic E-state index is -0.292. The van der Waals surface area contributed by atoms with Gasteiger partial charge < -0.3 is 9.72 Å². The maximum Gasteiger partial charge on any atom is 0.287 e. The number of carbonyl (C=O) groups excluding carboxylic acids is 1. The van der Waals surface area contributed by atoms with Crippen LogP contribution in [0.1, 0.15) is 29.4 Å². The van der Waals surface area contributed by atoms with E-state index in [1.165, 1.54) is 0 Å². The monoisotopic (exact) mass is 349 g/mol. The predicted octanol–water partition coefficient (Wildman–Crippen LogP) is 3.33. The lowest BCUT2D eigenvalue weighted by molar-refractivity contribution is 0.0951. The normalized spacial score (nSPS) is 10.8. The fourth-order valence-corrected chi connectivity index (χ4v) is 1.94. The molecule has 110 valence electrons. The first-order chi connectivity index (χ1) is 10.2. The SMILES string of the molecule is CCCOc1ccc(/C=N\NC(=O)c2cc(Br)c[nH]2)cc1. The number of hydrogen-bond acceptors (Lipinski definition) is 3. The van der Waals surface area contributed by atoms with Crippen LogP contribution in [0.15, 0.2) is 46.1 Å². The van der Waals surface area contributed by atoms with Gasteiger partial charge in [0.15, 0.2) is 0 Å². The van der Waals surface area contributed by atoms with Gasteiger partial charge in [0.25, 0.3) is 5.91 Å². The number of ether oxygens (including phenoxy) is 1. The number of nitrogens with zero attached hydrogens (tertiary/aromatic N) is 1. The molecule has 2 N–H and O–H groups in total. The molecule has 0 saturated heterocycles. The smallest absolute Gasteiger partial charge is 0.287 e. The molecule has 1 aromatic carbocycles. The van der Waals surface area contributed by atoms with Crippen LogP contribution in [-0.4, -0.2) is 23.7 Å².